The van der Waals surface area contributed by atoms with Gasteiger partial charge in [0.2, 0.25) is 0 Å². The number of fused-ring (bicyclic) bond motifs is 2. The van der Waals surface area contributed by atoms with Crippen LogP contribution in [0.5, 0.6) is 0 Å². The molecule has 0 amide bonds. The molecule has 0 aromatic rings. The first-order chi connectivity index (χ1) is 15.8. The van der Waals surface area contributed by atoms with E-state index in [2.05, 4.69) is 9.98 Å². The second-order valence-corrected chi connectivity index (χ2v) is 12.6. The molecule has 2 fully saturated rings. The van der Waals surface area contributed by atoms with E-state index < -0.39 is 36.6 Å². The first-order valence-electron chi connectivity index (χ1n) is 11.7. The van der Waals surface area contributed by atoms with Crippen molar-refractivity contribution >= 4 is 33.9 Å². The van der Waals surface area contributed by atoms with Crippen LogP contribution in [0.15, 0.2) is 9.98 Å². The van der Waals surface area contributed by atoms with E-state index in [4.69, 9.17) is 0 Å². The average molecular weight is 521 g/mol. The molecule has 0 radical (unpaired) electrons. The molecule has 4 rings (SSSR count). The third-order valence-electron chi connectivity index (χ3n) is 7.08. The Bertz CT molecular complexity index is 706. The zero-order valence-electron chi connectivity index (χ0n) is 20.6. The van der Waals surface area contributed by atoms with Gasteiger partial charge in [-0.2, -0.15) is 0 Å². The summed E-state index contributed by atoms with van der Waals surface area (Å²) >= 11 is 3.25. The van der Waals surface area contributed by atoms with Crippen molar-refractivity contribution in [2.75, 3.05) is 28.2 Å². The summed E-state index contributed by atoms with van der Waals surface area (Å²) in [5.41, 5.74) is 0. The minimum atomic E-state index is -0.887. The van der Waals surface area contributed by atoms with Crippen molar-refractivity contribution in [1.29, 1.82) is 0 Å². The average Bonchev–Trinajstić information content (AvgIpc) is 3.38. The molecule has 0 aromatic heterocycles. The molecule has 2 aliphatic carbocycles. The number of aliphatic hydroxyl groups excluding tert-OH is 6. The molecule has 2 heterocycles. The summed E-state index contributed by atoms with van der Waals surface area (Å²) in [6, 6.07) is -0.496. The van der Waals surface area contributed by atoms with E-state index >= 15 is 0 Å². The van der Waals surface area contributed by atoms with Gasteiger partial charge in [0, 0.05) is 50.5 Å². The Hall–Kier alpha value is -0.600. The van der Waals surface area contributed by atoms with E-state index in [9.17, 15) is 30.6 Å². The highest BCUT2D eigenvalue weighted by Gasteiger charge is 2.49. The maximum Gasteiger partial charge on any atom is 0.159 e. The van der Waals surface area contributed by atoms with Crippen LogP contribution in [0.4, 0.5) is 0 Å². The van der Waals surface area contributed by atoms with E-state index in [1.165, 1.54) is 0 Å². The van der Waals surface area contributed by atoms with Crippen molar-refractivity contribution < 1.29 is 30.6 Å². The highest BCUT2D eigenvalue weighted by Crippen LogP contribution is 2.42. The maximum atomic E-state index is 10.1. The van der Waals surface area contributed by atoms with Crippen LogP contribution in [0.2, 0.25) is 0 Å². The summed E-state index contributed by atoms with van der Waals surface area (Å²) in [5.74, 6) is -0.536. The van der Waals surface area contributed by atoms with E-state index in [1.54, 1.807) is 37.4 Å². The molecule has 10 nitrogen and oxygen atoms in total. The molecule has 0 spiro atoms. The van der Waals surface area contributed by atoms with Gasteiger partial charge in [-0.25, -0.2) is 0 Å². The van der Waals surface area contributed by atoms with Crippen LogP contribution in [-0.2, 0) is 0 Å². The second-order valence-electron chi connectivity index (χ2n) is 10.1. The molecule has 6 N–H and O–H groups in total. The van der Waals surface area contributed by atoms with Crippen molar-refractivity contribution in [2.45, 2.75) is 85.9 Å². The fraction of sp³-hybridized carbons (Fsp3) is 0.909. The van der Waals surface area contributed by atoms with E-state index in [0.29, 0.717) is 12.8 Å². The van der Waals surface area contributed by atoms with E-state index in [1.807, 2.05) is 38.0 Å². The molecule has 196 valence electrons. The fourth-order valence-electron chi connectivity index (χ4n) is 4.99. The van der Waals surface area contributed by atoms with Gasteiger partial charge < -0.3 is 40.4 Å². The third-order valence-corrected chi connectivity index (χ3v) is 10.00. The third kappa shape index (κ3) is 5.69. The first kappa shape index (κ1) is 28.0. The lowest BCUT2D eigenvalue weighted by molar-refractivity contribution is -0.0835. The summed E-state index contributed by atoms with van der Waals surface area (Å²) < 4.78 is 0. The van der Waals surface area contributed by atoms with Crippen LogP contribution >= 0.6 is 23.5 Å². The predicted molar refractivity (Wildman–Crippen MR) is 136 cm³/mol. The minimum absolute atomic E-state index is 0.158. The van der Waals surface area contributed by atoms with Gasteiger partial charge in [-0.05, 0) is 26.7 Å². The molecule has 2 saturated carbocycles. The minimum Gasteiger partial charge on any atom is -0.393 e. The van der Waals surface area contributed by atoms with Crippen LogP contribution in [0.3, 0.4) is 0 Å². The van der Waals surface area contributed by atoms with Gasteiger partial charge >= 0.3 is 0 Å². The summed E-state index contributed by atoms with van der Waals surface area (Å²) in [5, 5.41) is 61.4. The van der Waals surface area contributed by atoms with Crippen LogP contribution in [0.1, 0.15) is 26.7 Å². The number of aliphatic hydroxyl groups is 6. The smallest absolute Gasteiger partial charge is 0.159 e. The molecule has 34 heavy (non-hydrogen) atoms. The van der Waals surface area contributed by atoms with Crippen molar-refractivity contribution in [3.8, 4) is 0 Å². The van der Waals surface area contributed by atoms with Gasteiger partial charge in [0.25, 0.3) is 0 Å². The Labute approximate surface area is 210 Å². The lowest BCUT2D eigenvalue weighted by Gasteiger charge is -2.39. The molecule has 4 aliphatic rings. The first-order valence-corrected chi connectivity index (χ1v) is 13.5. The Kier molecular flexibility index (Phi) is 9.22. The van der Waals surface area contributed by atoms with Gasteiger partial charge in [-0.1, -0.05) is 23.5 Å². The normalized spacial score (nSPS) is 42.9. The molecule has 0 aromatic carbocycles. The topological polar surface area (TPSA) is 153 Å². The Morgan fingerprint density at radius 1 is 0.676 bits per heavy atom. The summed E-state index contributed by atoms with van der Waals surface area (Å²) in [4.78, 5) is 12.7. The van der Waals surface area contributed by atoms with Gasteiger partial charge in [0.15, 0.2) is 10.3 Å². The number of aliphatic imine (C=N–C) groups is 2. The number of rotatable bonds is 2. The highest BCUT2D eigenvalue weighted by atomic mass is 32.2. The van der Waals surface area contributed by atoms with Gasteiger partial charge in [-0.3, -0.25) is 9.98 Å². The van der Waals surface area contributed by atoms with Gasteiger partial charge in [0.1, 0.15) is 12.2 Å². The largest absolute Gasteiger partial charge is 0.393 e. The van der Waals surface area contributed by atoms with Crippen LogP contribution in [0, 0.1) is 11.8 Å². The van der Waals surface area contributed by atoms with E-state index in [-0.39, 0.29) is 34.4 Å². The van der Waals surface area contributed by atoms with Gasteiger partial charge in [0.05, 0.1) is 36.5 Å². The molecule has 0 unspecified atom stereocenters. The van der Waals surface area contributed by atoms with Crippen molar-refractivity contribution in [1.82, 2.24) is 9.80 Å². The molecule has 0 saturated heterocycles. The highest BCUT2D eigenvalue weighted by molar-refractivity contribution is 8.14. The lowest BCUT2D eigenvalue weighted by Crippen LogP contribution is -2.53. The molecule has 0 bridgehead atoms. The predicted octanol–water partition coefficient (Wildman–Crippen LogP) is -0.979. The molecule has 2 aliphatic heterocycles. The number of hydrogen-bond donors (Lipinski definition) is 6. The number of amidine groups is 2. The van der Waals surface area contributed by atoms with Crippen molar-refractivity contribution in [3.05, 3.63) is 0 Å². The SMILES string of the molecule is C[C@@H](O)[C@H]1C[C@@H]2SC(N(C)C)=N[C@@H]2[C@@H](O)[C@@H]1O.C[C@H](O)[C@H]1C[C@@H]2SC(N(C)C)=N[C@@H]2[C@@H](O)[C@@H]1O. The van der Waals surface area contributed by atoms with Crippen LogP contribution in [0.25, 0.3) is 0 Å². The maximum absolute atomic E-state index is 10.1. The Balaban J connectivity index is 0.000000191. The van der Waals surface area contributed by atoms with Crippen molar-refractivity contribution in [2.24, 2.45) is 21.8 Å². The Morgan fingerprint density at radius 2 is 1.00 bits per heavy atom. The quantitative estimate of drug-likeness (QED) is 0.268. The number of nitrogens with zero attached hydrogens (tertiary/aromatic N) is 4. The number of thioether (sulfide) groups is 2. The summed E-state index contributed by atoms with van der Waals surface area (Å²) in [6.07, 6.45) is -3.37. The standard InChI is InChI=1S/2C11H20N2O3S/c2*1-5(14)6-4-7-8(10(16)9(6)15)12-11(17-7)13(2)3/h2*5-10,14-16H,4H2,1-3H3/t5-,6+,7-,8-,9+,10+;5-,6-,7+,8+,9-,10-/m01/s1. The summed E-state index contributed by atoms with van der Waals surface area (Å²) in [6.45, 7) is 3.32. The zero-order valence-corrected chi connectivity index (χ0v) is 22.3. The molecule has 12 atom stereocenters. The summed E-state index contributed by atoms with van der Waals surface area (Å²) in [7, 11) is 7.66. The zero-order chi connectivity index (χ0) is 25.5. The molecule has 12 heteroatoms. The lowest BCUT2D eigenvalue weighted by atomic mass is 9.78. The molecular formula is C22H40N4O6S2. The van der Waals surface area contributed by atoms with E-state index in [0.717, 1.165) is 10.3 Å². The van der Waals surface area contributed by atoms with Crippen molar-refractivity contribution in [3.63, 3.8) is 0 Å². The van der Waals surface area contributed by atoms with Gasteiger partial charge in [-0.15, -0.1) is 0 Å². The monoisotopic (exact) mass is 520 g/mol. The molecular weight excluding hydrogens is 480 g/mol. The fourth-order valence-corrected chi connectivity index (χ4v) is 7.68. The Morgan fingerprint density at radius 3 is 1.26 bits per heavy atom. The second kappa shape index (κ2) is 11.2. The van der Waals surface area contributed by atoms with Crippen LogP contribution < -0.4 is 0 Å². The number of hydrogen-bond acceptors (Lipinski definition) is 12. The van der Waals surface area contributed by atoms with Crippen LogP contribution in [-0.4, -0.2) is 138 Å².